The number of rotatable bonds is 3. The molecule has 0 saturated carbocycles. The van der Waals surface area contributed by atoms with Crippen molar-refractivity contribution in [2.45, 2.75) is 26.9 Å². The third kappa shape index (κ3) is 1.95. The number of aromatic nitrogens is 6. The van der Waals surface area contributed by atoms with Crippen molar-refractivity contribution in [2.24, 2.45) is 0 Å². The Morgan fingerprint density at radius 2 is 1.36 bits per heavy atom. The van der Waals surface area contributed by atoms with Crippen LogP contribution in [-0.2, 0) is 13.1 Å². The van der Waals surface area contributed by atoms with E-state index in [0.29, 0.717) is 0 Å². The zero-order valence-electron chi connectivity index (χ0n) is 8.25. The van der Waals surface area contributed by atoms with Gasteiger partial charge < -0.3 is 0 Å². The summed E-state index contributed by atoms with van der Waals surface area (Å²) in [5.41, 5.74) is 1.86. The average Bonchev–Trinajstić information content (AvgIpc) is 2.72. The van der Waals surface area contributed by atoms with Crippen molar-refractivity contribution in [3.8, 4) is 0 Å². The van der Waals surface area contributed by atoms with Crippen molar-refractivity contribution < 1.29 is 0 Å². The van der Waals surface area contributed by atoms with Gasteiger partial charge in [0.25, 0.3) is 0 Å². The van der Waals surface area contributed by atoms with Crippen molar-refractivity contribution in [2.75, 3.05) is 0 Å². The summed E-state index contributed by atoms with van der Waals surface area (Å²) in [6.07, 6.45) is 3.81. The Kier molecular flexibility index (Phi) is 2.26. The molecule has 2 aromatic rings. The molecule has 0 atom stereocenters. The summed E-state index contributed by atoms with van der Waals surface area (Å²) in [4.78, 5) is 0. The van der Waals surface area contributed by atoms with Gasteiger partial charge >= 0.3 is 0 Å². The number of hydrogen-bond donors (Lipinski definition) is 0. The van der Waals surface area contributed by atoms with Crippen LogP contribution in [0.5, 0.6) is 0 Å². The van der Waals surface area contributed by atoms with Crippen LogP contribution in [0.1, 0.15) is 11.4 Å². The smallest absolute Gasteiger partial charge is 0.0796 e. The molecule has 0 N–H and O–H groups in total. The molecule has 0 unspecified atom stereocenters. The molecule has 0 amide bonds. The Labute approximate surface area is 81.5 Å². The molecule has 2 rings (SSSR count). The Bertz CT molecular complexity index is 375. The van der Waals surface area contributed by atoms with E-state index >= 15 is 0 Å². The van der Waals surface area contributed by atoms with Crippen LogP contribution in [0.2, 0.25) is 0 Å². The topological polar surface area (TPSA) is 61.4 Å². The van der Waals surface area contributed by atoms with E-state index in [4.69, 9.17) is 0 Å². The molecule has 2 heterocycles. The SMILES string of the molecule is Cc1cn(CCn2cc(C)nn2)nn1. The Morgan fingerprint density at radius 1 is 0.929 bits per heavy atom. The normalized spacial score (nSPS) is 10.7. The zero-order valence-corrected chi connectivity index (χ0v) is 8.25. The molecular weight excluding hydrogens is 180 g/mol. The fraction of sp³-hybridized carbons (Fsp3) is 0.500. The van der Waals surface area contributed by atoms with Crippen LogP contribution >= 0.6 is 0 Å². The molecule has 2 aromatic heterocycles. The highest BCUT2D eigenvalue weighted by atomic mass is 15.5. The van der Waals surface area contributed by atoms with E-state index in [9.17, 15) is 0 Å². The fourth-order valence-corrected chi connectivity index (χ4v) is 1.21. The highest BCUT2D eigenvalue weighted by molar-refractivity contribution is 4.87. The van der Waals surface area contributed by atoms with Crippen LogP contribution < -0.4 is 0 Å². The molecule has 0 fully saturated rings. The van der Waals surface area contributed by atoms with Gasteiger partial charge in [-0.05, 0) is 13.8 Å². The first-order valence-electron chi connectivity index (χ1n) is 4.47. The van der Waals surface area contributed by atoms with Crippen LogP contribution in [0.3, 0.4) is 0 Å². The lowest BCUT2D eigenvalue weighted by Gasteiger charge is -1.98. The summed E-state index contributed by atoms with van der Waals surface area (Å²) in [5.74, 6) is 0. The third-order valence-electron chi connectivity index (χ3n) is 1.86. The van der Waals surface area contributed by atoms with Crippen molar-refractivity contribution >= 4 is 0 Å². The molecule has 0 aliphatic heterocycles. The Morgan fingerprint density at radius 3 is 1.64 bits per heavy atom. The maximum atomic E-state index is 3.94. The minimum absolute atomic E-state index is 0.768. The van der Waals surface area contributed by atoms with Gasteiger partial charge in [0.05, 0.1) is 24.5 Å². The number of hydrogen-bond acceptors (Lipinski definition) is 4. The van der Waals surface area contributed by atoms with Crippen LogP contribution in [0.15, 0.2) is 12.4 Å². The standard InChI is InChI=1S/C8H12N6/c1-7-5-13(11-9-7)3-4-14-6-8(2)10-12-14/h5-6H,3-4H2,1-2H3. The second-order valence-corrected chi connectivity index (χ2v) is 3.25. The first kappa shape index (κ1) is 8.86. The van der Waals surface area contributed by atoms with Gasteiger partial charge in [-0.1, -0.05) is 10.4 Å². The van der Waals surface area contributed by atoms with Gasteiger partial charge in [0.2, 0.25) is 0 Å². The van der Waals surface area contributed by atoms with E-state index in [1.165, 1.54) is 0 Å². The molecule has 0 bridgehead atoms. The van der Waals surface area contributed by atoms with Crippen molar-refractivity contribution in [1.82, 2.24) is 30.0 Å². The van der Waals surface area contributed by atoms with E-state index in [1.807, 2.05) is 26.2 Å². The van der Waals surface area contributed by atoms with E-state index in [2.05, 4.69) is 20.6 Å². The predicted octanol–water partition coefficient (Wildman–Crippen LogP) is 0.187. The molecule has 0 aliphatic rings. The highest BCUT2D eigenvalue weighted by Gasteiger charge is 1.98. The minimum atomic E-state index is 0.768. The third-order valence-corrected chi connectivity index (χ3v) is 1.86. The molecule has 6 nitrogen and oxygen atoms in total. The van der Waals surface area contributed by atoms with Gasteiger partial charge in [-0.25, -0.2) is 0 Å². The zero-order chi connectivity index (χ0) is 9.97. The van der Waals surface area contributed by atoms with E-state index < -0.39 is 0 Å². The summed E-state index contributed by atoms with van der Waals surface area (Å²) in [5, 5.41) is 15.7. The van der Waals surface area contributed by atoms with Crippen LogP contribution in [0, 0.1) is 13.8 Å². The maximum absolute atomic E-state index is 3.94. The van der Waals surface area contributed by atoms with Crippen LogP contribution in [0.4, 0.5) is 0 Å². The highest BCUT2D eigenvalue weighted by Crippen LogP contribution is 1.93. The monoisotopic (exact) mass is 192 g/mol. The lowest BCUT2D eigenvalue weighted by atomic mass is 10.5. The van der Waals surface area contributed by atoms with Crippen molar-refractivity contribution in [3.05, 3.63) is 23.8 Å². The molecule has 0 radical (unpaired) electrons. The summed E-state index contributed by atoms with van der Waals surface area (Å²) < 4.78 is 3.60. The average molecular weight is 192 g/mol. The van der Waals surface area contributed by atoms with E-state index in [0.717, 1.165) is 24.5 Å². The Balaban J connectivity index is 1.94. The van der Waals surface area contributed by atoms with Gasteiger partial charge in [0, 0.05) is 12.4 Å². The quantitative estimate of drug-likeness (QED) is 0.696. The molecule has 14 heavy (non-hydrogen) atoms. The van der Waals surface area contributed by atoms with Gasteiger partial charge in [0.15, 0.2) is 0 Å². The number of nitrogens with zero attached hydrogens (tertiary/aromatic N) is 6. The molecule has 0 aliphatic carbocycles. The van der Waals surface area contributed by atoms with Gasteiger partial charge in [-0.15, -0.1) is 10.2 Å². The largest absolute Gasteiger partial charge is 0.250 e. The minimum Gasteiger partial charge on any atom is -0.250 e. The molecule has 0 saturated heterocycles. The second kappa shape index (κ2) is 3.57. The van der Waals surface area contributed by atoms with Gasteiger partial charge in [0.1, 0.15) is 0 Å². The first-order valence-corrected chi connectivity index (χ1v) is 4.47. The maximum Gasteiger partial charge on any atom is 0.0796 e. The summed E-state index contributed by atoms with van der Waals surface area (Å²) in [6.45, 7) is 5.37. The van der Waals surface area contributed by atoms with E-state index in [1.54, 1.807) is 9.36 Å². The molecule has 74 valence electrons. The molecular formula is C8H12N6. The van der Waals surface area contributed by atoms with Crippen LogP contribution in [-0.4, -0.2) is 30.0 Å². The summed E-state index contributed by atoms with van der Waals surface area (Å²) >= 11 is 0. The van der Waals surface area contributed by atoms with Gasteiger partial charge in [-0.3, -0.25) is 9.36 Å². The Hall–Kier alpha value is -1.72. The fourth-order valence-electron chi connectivity index (χ4n) is 1.21. The van der Waals surface area contributed by atoms with Crippen LogP contribution in [0.25, 0.3) is 0 Å². The summed E-state index contributed by atoms with van der Waals surface area (Å²) in [6, 6.07) is 0. The lowest BCUT2D eigenvalue weighted by Crippen LogP contribution is -2.08. The van der Waals surface area contributed by atoms with Gasteiger partial charge in [-0.2, -0.15) is 0 Å². The molecule has 0 spiro atoms. The number of aryl methyl sites for hydroxylation is 4. The molecule has 0 aromatic carbocycles. The van der Waals surface area contributed by atoms with E-state index in [-0.39, 0.29) is 0 Å². The summed E-state index contributed by atoms with van der Waals surface area (Å²) in [7, 11) is 0. The van der Waals surface area contributed by atoms with Crippen molar-refractivity contribution in [3.63, 3.8) is 0 Å². The predicted molar refractivity (Wildman–Crippen MR) is 49.5 cm³/mol. The van der Waals surface area contributed by atoms with Crippen molar-refractivity contribution in [1.29, 1.82) is 0 Å². The first-order chi connectivity index (χ1) is 6.74. The molecule has 6 heteroatoms. The second-order valence-electron chi connectivity index (χ2n) is 3.25. The lowest BCUT2D eigenvalue weighted by molar-refractivity contribution is 0.480.